The molecule has 0 aromatic heterocycles. The summed E-state index contributed by atoms with van der Waals surface area (Å²) in [7, 11) is 0. The van der Waals surface area contributed by atoms with Crippen molar-refractivity contribution in [2.75, 3.05) is 5.32 Å². The summed E-state index contributed by atoms with van der Waals surface area (Å²) in [6, 6.07) is 2.75. The van der Waals surface area contributed by atoms with Gasteiger partial charge in [0.1, 0.15) is 11.1 Å². The van der Waals surface area contributed by atoms with E-state index in [4.69, 9.17) is 4.74 Å². The van der Waals surface area contributed by atoms with Gasteiger partial charge in [-0.3, -0.25) is 9.59 Å². The molecule has 1 aromatic rings. The van der Waals surface area contributed by atoms with E-state index in [2.05, 4.69) is 21.2 Å². The smallest absolute Gasteiger partial charge is 0.319 e. The van der Waals surface area contributed by atoms with Crippen LogP contribution in [0.1, 0.15) is 27.7 Å². The van der Waals surface area contributed by atoms with Gasteiger partial charge in [-0.1, -0.05) is 0 Å². The van der Waals surface area contributed by atoms with E-state index < -0.39 is 11.1 Å². The summed E-state index contributed by atoms with van der Waals surface area (Å²) in [4.78, 5) is 23.5. The van der Waals surface area contributed by atoms with E-state index in [0.29, 0.717) is 9.37 Å². The zero-order chi connectivity index (χ0) is 16.2. The molecule has 1 atom stereocenters. The van der Waals surface area contributed by atoms with Crippen LogP contribution in [0.4, 0.5) is 10.1 Å². The molecule has 21 heavy (non-hydrogen) atoms. The second-order valence-corrected chi connectivity index (χ2v) is 6.93. The number of anilines is 1. The highest BCUT2D eigenvalue weighted by atomic mass is 79.9. The van der Waals surface area contributed by atoms with Crippen molar-refractivity contribution in [2.24, 2.45) is 0 Å². The summed E-state index contributed by atoms with van der Waals surface area (Å²) in [5.74, 6) is -1.24. The summed E-state index contributed by atoms with van der Waals surface area (Å²) < 4.78 is 19.4. The zero-order valence-corrected chi connectivity index (χ0v) is 14.6. The average Bonchev–Trinajstić information content (AvgIpc) is 2.33. The molecule has 1 N–H and O–H groups in total. The first kappa shape index (κ1) is 18.0. The molecule has 0 aliphatic heterocycles. The van der Waals surface area contributed by atoms with Crippen LogP contribution >= 0.6 is 27.7 Å². The van der Waals surface area contributed by atoms with Gasteiger partial charge in [0, 0.05) is 16.3 Å². The Morgan fingerprint density at radius 3 is 2.48 bits per heavy atom. The van der Waals surface area contributed by atoms with Gasteiger partial charge < -0.3 is 10.1 Å². The maximum absolute atomic E-state index is 13.7. The fourth-order valence-electron chi connectivity index (χ4n) is 1.47. The van der Waals surface area contributed by atoms with Gasteiger partial charge in [0.25, 0.3) is 0 Å². The number of benzene rings is 1. The van der Waals surface area contributed by atoms with E-state index in [1.54, 1.807) is 20.8 Å². The van der Waals surface area contributed by atoms with Crippen LogP contribution < -0.4 is 5.32 Å². The molecule has 1 rings (SSSR count). The van der Waals surface area contributed by atoms with E-state index in [-0.39, 0.29) is 23.7 Å². The van der Waals surface area contributed by atoms with E-state index >= 15 is 0 Å². The third-order valence-corrected chi connectivity index (χ3v) is 4.38. The summed E-state index contributed by atoms with van der Waals surface area (Å²) in [6.07, 6.45) is -0.188. The highest BCUT2D eigenvalue weighted by Gasteiger charge is 2.19. The number of rotatable bonds is 5. The summed E-state index contributed by atoms with van der Waals surface area (Å²) >= 11 is 4.48. The molecule has 0 spiro atoms. The molecular weight excluding hydrogens is 361 g/mol. The third kappa shape index (κ3) is 5.67. The van der Waals surface area contributed by atoms with E-state index in [1.807, 2.05) is 0 Å². The summed E-state index contributed by atoms with van der Waals surface area (Å²) in [5, 5.41) is 1.97. The van der Waals surface area contributed by atoms with Crippen LogP contribution in [0.5, 0.6) is 0 Å². The van der Waals surface area contributed by atoms with Crippen molar-refractivity contribution in [3.8, 4) is 0 Å². The number of ether oxygens (including phenoxy) is 1. The van der Waals surface area contributed by atoms with Crippen molar-refractivity contribution < 1.29 is 18.7 Å². The third-order valence-electron chi connectivity index (χ3n) is 2.32. The first-order chi connectivity index (χ1) is 9.70. The molecule has 0 aliphatic carbocycles. The van der Waals surface area contributed by atoms with Gasteiger partial charge in [-0.2, -0.15) is 0 Å². The highest BCUT2D eigenvalue weighted by Crippen LogP contribution is 2.35. The predicted molar refractivity (Wildman–Crippen MR) is 85.0 cm³/mol. The Bertz CT molecular complexity index is 551. The largest absolute Gasteiger partial charge is 0.462 e. The molecule has 0 bridgehead atoms. The first-order valence-corrected chi connectivity index (χ1v) is 8.01. The lowest BCUT2D eigenvalue weighted by atomic mass is 10.3. The van der Waals surface area contributed by atoms with E-state index in [1.165, 1.54) is 30.8 Å². The lowest BCUT2D eigenvalue weighted by Gasteiger charge is -2.15. The molecule has 0 saturated carbocycles. The molecule has 0 fully saturated rings. The fraction of sp³-hybridized carbons (Fsp3) is 0.429. The standard InChI is InChI=1S/C14H17BrFNO3S/c1-7(2)20-14(19)8(3)21-13-6-12(17-9(4)18)11(16)5-10(13)15/h5-8H,1-4H3,(H,17,18). The predicted octanol–water partition coefficient (Wildman–Crippen LogP) is 3.98. The minimum Gasteiger partial charge on any atom is -0.462 e. The molecule has 7 heteroatoms. The number of thioether (sulfide) groups is 1. The topological polar surface area (TPSA) is 55.4 Å². The number of amides is 1. The molecule has 1 aromatic carbocycles. The maximum Gasteiger partial charge on any atom is 0.319 e. The monoisotopic (exact) mass is 377 g/mol. The van der Waals surface area contributed by atoms with Crippen LogP contribution in [0, 0.1) is 5.82 Å². The van der Waals surface area contributed by atoms with Gasteiger partial charge in [-0.25, -0.2) is 4.39 Å². The highest BCUT2D eigenvalue weighted by molar-refractivity contribution is 9.10. The molecule has 0 aliphatic rings. The Morgan fingerprint density at radius 1 is 1.33 bits per heavy atom. The summed E-state index contributed by atoms with van der Waals surface area (Å²) in [6.45, 7) is 6.57. The van der Waals surface area contributed by atoms with E-state index in [9.17, 15) is 14.0 Å². The number of hydrogen-bond acceptors (Lipinski definition) is 4. The minimum absolute atomic E-state index is 0.0811. The molecule has 1 unspecified atom stereocenters. The second kappa shape index (κ2) is 7.79. The Hall–Kier alpha value is -1.08. The van der Waals surface area contributed by atoms with Crippen LogP contribution in [-0.4, -0.2) is 23.2 Å². The Kier molecular flexibility index (Phi) is 6.67. The van der Waals surface area contributed by atoms with Gasteiger partial charge >= 0.3 is 5.97 Å². The Morgan fingerprint density at radius 2 is 1.95 bits per heavy atom. The van der Waals surface area contributed by atoms with Crippen molar-refractivity contribution in [3.05, 3.63) is 22.4 Å². The van der Waals surface area contributed by atoms with Crippen molar-refractivity contribution in [1.29, 1.82) is 0 Å². The average molecular weight is 378 g/mol. The molecular formula is C14H17BrFNO3S. The van der Waals surface area contributed by atoms with Gasteiger partial charge in [-0.15, -0.1) is 11.8 Å². The quantitative estimate of drug-likeness (QED) is 0.622. The SMILES string of the molecule is CC(=O)Nc1cc(SC(C)C(=O)OC(C)C)c(Br)cc1F. The lowest BCUT2D eigenvalue weighted by Crippen LogP contribution is -2.20. The lowest BCUT2D eigenvalue weighted by molar-refractivity contribution is -0.146. The first-order valence-electron chi connectivity index (χ1n) is 6.34. The summed E-state index contributed by atoms with van der Waals surface area (Å²) in [5.41, 5.74) is 0.0811. The number of esters is 1. The molecule has 116 valence electrons. The number of nitrogens with one attached hydrogen (secondary N) is 1. The Balaban J connectivity index is 2.92. The number of carbonyl (C=O) groups is 2. The van der Waals surface area contributed by atoms with Gasteiger partial charge in [-0.05, 0) is 48.8 Å². The fourth-order valence-corrected chi connectivity index (χ4v) is 2.96. The van der Waals surface area contributed by atoms with Crippen LogP contribution in [0.25, 0.3) is 0 Å². The van der Waals surface area contributed by atoms with Crippen molar-refractivity contribution in [3.63, 3.8) is 0 Å². The molecule has 0 saturated heterocycles. The Labute approximate surface area is 135 Å². The number of halogens is 2. The van der Waals surface area contributed by atoms with Crippen LogP contribution in [-0.2, 0) is 14.3 Å². The van der Waals surface area contributed by atoms with Gasteiger partial charge in [0.15, 0.2) is 0 Å². The van der Waals surface area contributed by atoms with Crippen LogP contribution in [0.15, 0.2) is 21.5 Å². The maximum atomic E-state index is 13.7. The van der Waals surface area contributed by atoms with Crippen LogP contribution in [0.3, 0.4) is 0 Å². The minimum atomic E-state index is -0.543. The molecule has 4 nitrogen and oxygen atoms in total. The number of hydrogen-bond donors (Lipinski definition) is 1. The van der Waals surface area contributed by atoms with Crippen LogP contribution in [0.2, 0.25) is 0 Å². The second-order valence-electron chi connectivity index (χ2n) is 4.69. The zero-order valence-electron chi connectivity index (χ0n) is 12.2. The van der Waals surface area contributed by atoms with Crippen molar-refractivity contribution in [1.82, 2.24) is 0 Å². The number of carbonyl (C=O) groups excluding carboxylic acids is 2. The molecule has 0 radical (unpaired) electrons. The van der Waals surface area contributed by atoms with Gasteiger partial charge in [0.05, 0.1) is 11.8 Å². The normalized spacial score (nSPS) is 12.1. The van der Waals surface area contributed by atoms with Crippen molar-refractivity contribution in [2.45, 2.75) is 43.9 Å². The van der Waals surface area contributed by atoms with Crippen molar-refractivity contribution >= 4 is 45.3 Å². The van der Waals surface area contributed by atoms with Gasteiger partial charge in [0.2, 0.25) is 5.91 Å². The van der Waals surface area contributed by atoms with E-state index in [0.717, 1.165) is 0 Å². The molecule has 0 heterocycles. The molecule has 1 amide bonds.